The van der Waals surface area contributed by atoms with E-state index < -0.39 is 11.7 Å². The molecule has 5 rings (SSSR count). The number of carbonyl (C=O) groups is 1. The van der Waals surface area contributed by atoms with E-state index >= 15 is 0 Å². The number of halogens is 1. The van der Waals surface area contributed by atoms with Gasteiger partial charge in [-0.15, -0.1) is 11.8 Å². The van der Waals surface area contributed by atoms with E-state index in [0.717, 1.165) is 27.4 Å². The quantitative estimate of drug-likeness (QED) is 0.251. The van der Waals surface area contributed by atoms with E-state index in [9.17, 15) is 9.59 Å². The highest BCUT2D eigenvalue weighted by Gasteiger charge is 2.30. The number of nitrogens with zero attached hydrogens (tertiary/aromatic N) is 4. The largest absolute Gasteiger partial charge is 0.444 e. The molecule has 1 aromatic carbocycles. The van der Waals surface area contributed by atoms with Gasteiger partial charge in [-0.3, -0.25) is 14.3 Å². The summed E-state index contributed by atoms with van der Waals surface area (Å²) in [7, 11) is 0. The van der Waals surface area contributed by atoms with E-state index in [1.165, 1.54) is 11.8 Å². The van der Waals surface area contributed by atoms with Crippen molar-refractivity contribution in [2.75, 3.05) is 26.0 Å². The van der Waals surface area contributed by atoms with Gasteiger partial charge >= 0.3 is 6.09 Å². The van der Waals surface area contributed by atoms with Crippen molar-refractivity contribution in [3.05, 3.63) is 81.4 Å². The molecule has 0 bridgehead atoms. The number of aromatic nitrogens is 3. The molecule has 4 heterocycles. The van der Waals surface area contributed by atoms with Gasteiger partial charge in [0.15, 0.2) is 0 Å². The average Bonchev–Trinajstić information content (AvgIpc) is 2.93. The SMILES string of the molecule is CSc1ccc2cn(-c3ccc(-c4cccc(C)n4)cc3Cl)c(=O)c(CC3CN(C(=O)OC(C)(C)C)CCO3)c2n1. The van der Waals surface area contributed by atoms with E-state index in [1.54, 1.807) is 15.7 Å². The van der Waals surface area contributed by atoms with E-state index in [0.29, 0.717) is 41.5 Å². The number of hydrogen-bond acceptors (Lipinski definition) is 7. The van der Waals surface area contributed by atoms with Crippen molar-refractivity contribution in [3.8, 4) is 16.9 Å². The van der Waals surface area contributed by atoms with Crippen LogP contribution in [-0.2, 0) is 15.9 Å². The smallest absolute Gasteiger partial charge is 0.410 e. The maximum atomic E-state index is 14.1. The highest BCUT2D eigenvalue weighted by Crippen LogP contribution is 2.29. The molecule has 8 nitrogen and oxygen atoms in total. The van der Waals surface area contributed by atoms with Crippen LogP contribution in [-0.4, -0.2) is 63.2 Å². The fraction of sp³-hybridized carbons (Fsp3) is 0.355. The number of morpholine rings is 1. The number of benzene rings is 1. The number of amides is 1. The van der Waals surface area contributed by atoms with Crippen LogP contribution < -0.4 is 5.56 Å². The number of hydrogen-bond donors (Lipinski definition) is 0. The topological polar surface area (TPSA) is 86.6 Å². The highest BCUT2D eigenvalue weighted by molar-refractivity contribution is 7.98. The third-order valence-corrected chi connectivity index (χ3v) is 7.70. The normalized spacial score (nSPS) is 15.8. The van der Waals surface area contributed by atoms with Crippen LogP contribution in [0.25, 0.3) is 27.8 Å². The number of ether oxygens (including phenoxy) is 2. The second-order valence-electron chi connectivity index (χ2n) is 11.0. The van der Waals surface area contributed by atoms with Gasteiger partial charge in [0.25, 0.3) is 5.56 Å². The molecule has 1 aliphatic rings. The maximum absolute atomic E-state index is 14.1. The van der Waals surface area contributed by atoms with Gasteiger partial charge < -0.3 is 14.4 Å². The Bertz CT molecular complexity index is 1670. The standard InChI is InChI=1S/C31H33ClN4O4S/c1-19-7-6-8-25(33-19)20-9-11-26(24(32)15-20)36-17-21-10-12-27(41-5)34-28(21)23(29(36)37)16-22-18-35(13-14-39-22)30(38)40-31(2,3)4/h6-12,15,17,22H,13-14,16,18H2,1-5H3. The molecular formula is C31H33ClN4O4S. The van der Waals surface area contributed by atoms with Crippen molar-refractivity contribution in [2.45, 2.75) is 50.8 Å². The fourth-order valence-electron chi connectivity index (χ4n) is 4.85. The first-order valence-electron chi connectivity index (χ1n) is 13.4. The Balaban J connectivity index is 1.54. The zero-order valence-corrected chi connectivity index (χ0v) is 25.4. The molecule has 1 amide bonds. The second kappa shape index (κ2) is 11.8. The van der Waals surface area contributed by atoms with Gasteiger partial charge in [0.1, 0.15) is 5.60 Å². The van der Waals surface area contributed by atoms with Crippen LogP contribution in [0.15, 0.2) is 64.5 Å². The minimum atomic E-state index is -0.601. The molecule has 0 aliphatic carbocycles. The Labute approximate surface area is 248 Å². The molecule has 41 heavy (non-hydrogen) atoms. The number of pyridine rings is 3. The van der Waals surface area contributed by atoms with Gasteiger partial charge in [0, 0.05) is 41.4 Å². The predicted molar refractivity (Wildman–Crippen MR) is 163 cm³/mol. The zero-order valence-electron chi connectivity index (χ0n) is 23.8. The van der Waals surface area contributed by atoms with E-state index in [2.05, 4.69) is 4.98 Å². The highest BCUT2D eigenvalue weighted by atomic mass is 35.5. The Hall–Kier alpha value is -3.40. The minimum Gasteiger partial charge on any atom is -0.444 e. The van der Waals surface area contributed by atoms with Gasteiger partial charge in [-0.25, -0.2) is 9.78 Å². The van der Waals surface area contributed by atoms with Gasteiger partial charge in [-0.1, -0.05) is 23.7 Å². The van der Waals surface area contributed by atoms with Crippen LogP contribution in [0.2, 0.25) is 5.02 Å². The van der Waals surface area contributed by atoms with Crippen LogP contribution in [0.1, 0.15) is 32.0 Å². The number of thioether (sulfide) groups is 1. The van der Waals surface area contributed by atoms with Crippen molar-refractivity contribution in [3.63, 3.8) is 0 Å². The third-order valence-electron chi connectivity index (χ3n) is 6.75. The van der Waals surface area contributed by atoms with Crippen molar-refractivity contribution < 1.29 is 14.3 Å². The Morgan fingerprint density at radius 3 is 2.68 bits per heavy atom. The molecule has 1 fully saturated rings. The second-order valence-corrected chi connectivity index (χ2v) is 12.3. The first kappa shape index (κ1) is 29.1. The summed E-state index contributed by atoms with van der Waals surface area (Å²) in [6, 6.07) is 15.3. The fourth-order valence-corrected chi connectivity index (χ4v) is 5.51. The molecule has 10 heteroatoms. The van der Waals surface area contributed by atoms with Crippen LogP contribution >= 0.6 is 23.4 Å². The lowest BCUT2D eigenvalue weighted by atomic mass is 10.0. The van der Waals surface area contributed by atoms with E-state index in [-0.39, 0.29) is 18.1 Å². The van der Waals surface area contributed by atoms with Gasteiger partial charge in [0.05, 0.1) is 46.2 Å². The summed E-state index contributed by atoms with van der Waals surface area (Å²) in [5.74, 6) is 0. The molecule has 1 aliphatic heterocycles. The lowest BCUT2D eigenvalue weighted by Gasteiger charge is -2.34. The summed E-state index contributed by atoms with van der Waals surface area (Å²) in [5.41, 5.74) is 3.43. The number of rotatable bonds is 5. The number of carbonyl (C=O) groups excluding carboxylic acids is 1. The van der Waals surface area contributed by atoms with Gasteiger partial charge in [0.2, 0.25) is 0 Å². The van der Waals surface area contributed by atoms with E-state index in [1.807, 2.05) is 82.5 Å². The minimum absolute atomic E-state index is 0.232. The molecule has 214 valence electrons. The molecule has 0 N–H and O–H groups in total. The first-order valence-corrected chi connectivity index (χ1v) is 15.1. The number of fused-ring (bicyclic) bond motifs is 1. The molecule has 4 aromatic rings. The molecule has 0 radical (unpaired) electrons. The maximum Gasteiger partial charge on any atom is 0.410 e. The summed E-state index contributed by atoms with van der Waals surface area (Å²) < 4.78 is 13.2. The Morgan fingerprint density at radius 1 is 1.17 bits per heavy atom. The predicted octanol–water partition coefficient (Wildman–Crippen LogP) is 6.31. The van der Waals surface area contributed by atoms with Crippen LogP contribution in [0.4, 0.5) is 4.79 Å². The molecular weight excluding hydrogens is 560 g/mol. The van der Waals surface area contributed by atoms with Crippen LogP contribution in [0.5, 0.6) is 0 Å². The third kappa shape index (κ3) is 6.58. The Kier molecular flexibility index (Phi) is 8.40. The first-order chi connectivity index (χ1) is 19.5. The van der Waals surface area contributed by atoms with Crippen molar-refractivity contribution >= 4 is 40.4 Å². The molecule has 0 spiro atoms. The summed E-state index contributed by atoms with van der Waals surface area (Å²) >= 11 is 8.30. The van der Waals surface area contributed by atoms with Crippen molar-refractivity contribution in [2.24, 2.45) is 0 Å². The van der Waals surface area contributed by atoms with Crippen molar-refractivity contribution in [1.82, 2.24) is 19.4 Å². The summed E-state index contributed by atoms with van der Waals surface area (Å²) in [5, 5.41) is 2.04. The molecule has 1 unspecified atom stereocenters. The molecule has 1 atom stereocenters. The van der Waals surface area contributed by atoms with E-state index in [4.69, 9.17) is 26.1 Å². The summed E-state index contributed by atoms with van der Waals surface area (Å²) in [6.45, 7) is 8.55. The lowest BCUT2D eigenvalue weighted by molar-refractivity contribution is -0.0415. The van der Waals surface area contributed by atoms with Crippen molar-refractivity contribution in [1.29, 1.82) is 0 Å². The number of aryl methyl sites for hydroxylation is 1. The monoisotopic (exact) mass is 592 g/mol. The zero-order chi connectivity index (χ0) is 29.3. The lowest BCUT2D eigenvalue weighted by Crippen LogP contribution is -2.48. The molecule has 0 saturated carbocycles. The van der Waals surface area contributed by atoms with Crippen LogP contribution in [0, 0.1) is 6.92 Å². The Morgan fingerprint density at radius 2 is 1.98 bits per heavy atom. The summed E-state index contributed by atoms with van der Waals surface area (Å²) in [6.07, 6.45) is 3.22. The van der Waals surface area contributed by atoms with Gasteiger partial charge in [-0.2, -0.15) is 0 Å². The molecule has 3 aromatic heterocycles. The van der Waals surface area contributed by atoms with Gasteiger partial charge in [-0.05, 0) is 70.3 Å². The average molecular weight is 593 g/mol. The summed E-state index contributed by atoms with van der Waals surface area (Å²) in [4.78, 5) is 37.9. The molecule has 1 saturated heterocycles. The van der Waals surface area contributed by atoms with Crippen LogP contribution in [0.3, 0.4) is 0 Å².